The van der Waals surface area contributed by atoms with E-state index in [4.69, 9.17) is 27.9 Å². The first kappa shape index (κ1) is 13.6. The molecule has 0 aliphatic rings. The summed E-state index contributed by atoms with van der Waals surface area (Å²) in [7, 11) is 1.95. The van der Waals surface area contributed by atoms with Crippen molar-refractivity contribution in [3.63, 3.8) is 0 Å². The van der Waals surface area contributed by atoms with Crippen LogP contribution in [0.25, 0.3) is 0 Å². The summed E-state index contributed by atoms with van der Waals surface area (Å²) in [5, 5.41) is 4.16. The SMILES string of the molecule is CNCC(C)CCOc1cccc(Cl)c1Cl. The first-order valence-electron chi connectivity index (χ1n) is 5.36. The zero-order valence-electron chi connectivity index (χ0n) is 9.59. The van der Waals surface area contributed by atoms with E-state index in [-0.39, 0.29) is 0 Å². The van der Waals surface area contributed by atoms with Crippen molar-refractivity contribution in [2.24, 2.45) is 5.92 Å². The average molecular weight is 262 g/mol. The van der Waals surface area contributed by atoms with Gasteiger partial charge in [0.25, 0.3) is 0 Å². The van der Waals surface area contributed by atoms with Gasteiger partial charge in [-0.25, -0.2) is 0 Å². The third kappa shape index (κ3) is 4.20. The Morgan fingerprint density at radius 2 is 2.12 bits per heavy atom. The van der Waals surface area contributed by atoms with Crippen molar-refractivity contribution in [2.75, 3.05) is 20.2 Å². The van der Waals surface area contributed by atoms with Crippen LogP contribution in [0.1, 0.15) is 13.3 Å². The second-order valence-electron chi connectivity index (χ2n) is 3.85. The second kappa shape index (κ2) is 7.00. The van der Waals surface area contributed by atoms with Crippen LogP contribution in [-0.4, -0.2) is 20.2 Å². The molecular formula is C12H17Cl2NO. The number of nitrogens with one attached hydrogen (secondary N) is 1. The van der Waals surface area contributed by atoms with Crippen molar-refractivity contribution in [3.05, 3.63) is 28.2 Å². The van der Waals surface area contributed by atoms with Crippen LogP contribution in [-0.2, 0) is 0 Å². The molecule has 0 amide bonds. The van der Waals surface area contributed by atoms with Gasteiger partial charge in [-0.05, 0) is 38.1 Å². The summed E-state index contributed by atoms with van der Waals surface area (Å²) in [4.78, 5) is 0. The van der Waals surface area contributed by atoms with E-state index in [2.05, 4.69) is 12.2 Å². The molecule has 16 heavy (non-hydrogen) atoms. The summed E-state index contributed by atoms with van der Waals surface area (Å²) in [6, 6.07) is 5.41. The van der Waals surface area contributed by atoms with Crippen LogP contribution >= 0.6 is 23.2 Å². The van der Waals surface area contributed by atoms with Gasteiger partial charge in [-0.15, -0.1) is 0 Å². The highest BCUT2D eigenvalue weighted by Crippen LogP contribution is 2.31. The molecule has 1 atom stereocenters. The Morgan fingerprint density at radius 3 is 2.81 bits per heavy atom. The normalized spacial score (nSPS) is 12.5. The fourth-order valence-corrected chi connectivity index (χ4v) is 1.76. The molecule has 90 valence electrons. The van der Waals surface area contributed by atoms with Crippen molar-refractivity contribution >= 4 is 23.2 Å². The van der Waals surface area contributed by atoms with Gasteiger partial charge in [0.15, 0.2) is 0 Å². The Morgan fingerprint density at radius 1 is 1.38 bits per heavy atom. The van der Waals surface area contributed by atoms with Crippen molar-refractivity contribution in [2.45, 2.75) is 13.3 Å². The van der Waals surface area contributed by atoms with Gasteiger partial charge in [0.05, 0.1) is 11.6 Å². The maximum Gasteiger partial charge on any atom is 0.139 e. The van der Waals surface area contributed by atoms with E-state index in [1.807, 2.05) is 19.2 Å². The zero-order valence-corrected chi connectivity index (χ0v) is 11.1. The molecule has 0 bridgehead atoms. The van der Waals surface area contributed by atoms with Gasteiger partial charge in [0, 0.05) is 0 Å². The van der Waals surface area contributed by atoms with E-state index in [1.54, 1.807) is 6.07 Å². The summed E-state index contributed by atoms with van der Waals surface area (Å²) >= 11 is 11.9. The first-order valence-corrected chi connectivity index (χ1v) is 6.12. The molecule has 0 aliphatic carbocycles. The maximum atomic E-state index is 6.00. The van der Waals surface area contributed by atoms with Gasteiger partial charge >= 0.3 is 0 Å². The average Bonchev–Trinajstić information content (AvgIpc) is 2.25. The van der Waals surface area contributed by atoms with Crippen LogP contribution in [0, 0.1) is 5.92 Å². The highest BCUT2D eigenvalue weighted by molar-refractivity contribution is 6.42. The molecule has 1 aromatic carbocycles. The molecule has 0 saturated heterocycles. The number of hydrogen-bond acceptors (Lipinski definition) is 2. The summed E-state index contributed by atoms with van der Waals surface area (Å²) in [6.45, 7) is 3.83. The number of hydrogen-bond donors (Lipinski definition) is 1. The highest BCUT2D eigenvalue weighted by atomic mass is 35.5. The molecule has 0 fully saturated rings. The summed E-state index contributed by atoms with van der Waals surface area (Å²) in [6.07, 6.45) is 0.990. The van der Waals surface area contributed by atoms with Gasteiger partial charge in [-0.2, -0.15) is 0 Å². The first-order chi connectivity index (χ1) is 7.65. The molecule has 0 saturated carbocycles. The molecular weight excluding hydrogens is 245 g/mol. The highest BCUT2D eigenvalue weighted by Gasteiger charge is 2.06. The quantitative estimate of drug-likeness (QED) is 0.845. The Balaban J connectivity index is 2.40. The summed E-state index contributed by atoms with van der Waals surface area (Å²) in [5.41, 5.74) is 0. The maximum absolute atomic E-state index is 6.00. The Hall–Kier alpha value is -0.440. The van der Waals surface area contributed by atoms with Crippen molar-refractivity contribution < 1.29 is 4.74 Å². The van der Waals surface area contributed by atoms with Gasteiger partial charge in [-0.1, -0.05) is 36.2 Å². The van der Waals surface area contributed by atoms with Crippen LogP contribution < -0.4 is 10.1 Å². The largest absolute Gasteiger partial charge is 0.492 e. The fourth-order valence-electron chi connectivity index (χ4n) is 1.42. The molecule has 2 nitrogen and oxygen atoms in total. The predicted octanol–water partition coefficient (Wildman–Crippen LogP) is 3.62. The lowest BCUT2D eigenvalue weighted by atomic mass is 10.1. The molecule has 0 radical (unpaired) electrons. The van der Waals surface area contributed by atoms with E-state index in [1.165, 1.54) is 0 Å². The zero-order chi connectivity index (χ0) is 12.0. The minimum atomic E-state index is 0.491. The van der Waals surface area contributed by atoms with Crippen molar-refractivity contribution in [3.8, 4) is 5.75 Å². The molecule has 0 spiro atoms. The van der Waals surface area contributed by atoms with E-state index in [0.717, 1.165) is 13.0 Å². The molecule has 1 unspecified atom stereocenters. The smallest absolute Gasteiger partial charge is 0.139 e. The van der Waals surface area contributed by atoms with Gasteiger partial charge in [-0.3, -0.25) is 0 Å². The Bertz CT molecular complexity index is 331. The molecule has 4 heteroatoms. The molecule has 0 heterocycles. The fraction of sp³-hybridized carbons (Fsp3) is 0.500. The van der Waals surface area contributed by atoms with Gasteiger partial charge in [0.2, 0.25) is 0 Å². The van der Waals surface area contributed by atoms with Crippen molar-refractivity contribution in [1.29, 1.82) is 0 Å². The number of rotatable bonds is 6. The monoisotopic (exact) mass is 261 g/mol. The lowest BCUT2D eigenvalue weighted by Crippen LogP contribution is -2.18. The number of ether oxygens (including phenoxy) is 1. The van der Waals surface area contributed by atoms with E-state index in [0.29, 0.717) is 28.3 Å². The Labute approximate surface area is 107 Å². The van der Waals surface area contributed by atoms with Gasteiger partial charge < -0.3 is 10.1 Å². The van der Waals surface area contributed by atoms with Crippen LogP contribution in [0.15, 0.2) is 18.2 Å². The van der Waals surface area contributed by atoms with E-state index >= 15 is 0 Å². The third-order valence-corrected chi connectivity index (χ3v) is 3.14. The topological polar surface area (TPSA) is 21.3 Å². The summed E-state index contributed by atoms with van der Waals surface area (Å²) < 4.78 is 5.59. The molecule has 0 aromatic heterocycles. The van der Waals surface area contributed by atoms with Crippen LogP contribution in [0.3, 0.4) is 0 Å². The minimum absolute atomic E-state index is 0.491. The Kier molecular flexibility index (Phi) is 5.96. The van der Waals surface area contributed by atoms with Crippen LogP contribution in [0.5, 0.6) is 5.75 Å². The lowest BCUT2D eigenvalue weighted by Gasteiger charge is -2.12. The van der Waals surface area contributed by atoms with E-state index < -0.39 is 0 Å². The van der Waals surface area contributed by atoms with Crippen molar-refractivity contribution in [1.82, 2.24) is 5.32 Å². The van der Waals surface area contributed by atoms with Crippen LogP contribution in [0.4, 0.5) is 0 Å². The van der Waals surface area contributed by atoms with Crippen LogP contribution in [0.2, 0.25) is 10.0 Å². The lowest BCUT2D eigenvalue weighted by molar-refractivity contribution is 0.282. The minimum Gasteiger partial charge on any atom is -0.492 e. The number of halogens is 2. The van der Waals surface area contributed by atoms with E-state index in [9.17, 15) is 0 Å². The standard InChI is InChI=1S/C12H17Cl2NO/c1-9(8-15-2)6-7-16-11-5-3-4-10(13)12(11)14/h3-5,9,15H,6-8H2,1-2H3. The molecule has 0 aliphatic heterocycles. The molecule has 1 aromatic rings. The molecule has 1 N–H and O–H groups in total. The third-order valence-electron chi connectivity index (χ3n) is 2.34. The summed E-state index contributed by atoms with van der Waals surface area (Å²) in [5.74, 6) is 1.24. The molecule has 1 rings (SSSR count). The van der Waals surface area contributed by atoms with Gasteiger partial charge in [0.1, 0.15) is 10.8 Å². The number of benzene rings is 1. The second-order valence-corrected chi connectivity index (χ2v) is 4.64. The predicted molar refractivity (Wildman–Crippen MR) is 69.7 cm³/mol.